The highest BCUT2D eigenvalue weighted by molar-refractivity contribution is 6.02. The molecule has 0 amide bonds. The van der Waals surface area contributed by atoms with Crippen LogP contribution in [0.25, 0.3) is 10.9 Å². The Bertz CT molecular complexity index is 601. The van der Waals surface area contributed by atoms with Crippen LogP contribution in [0.3, 0.4) is 0 Å². The van der Waals surface area contributed by atoms with Crippen LogP contribution in [0, 0.1) is 5.41 Å². The highest BCUT2D eigenvalue weighted by Crippen LogP contribution is 2.23. The zero-order valence-electron chi connectivity index (χ0n) is 7.74. The van der Waals surface area contributed by atoms with Gasteiger partial charge in [-0.25, -0.2) is 0 Å². The zero-order valence-corrected chi connectivity index (χ0v) is 7.74. The molecule has 1 aromatic heterocycles. The van der Waals surface area contributed by atoms with E-state index >= 15 is 0 Å². The monoisotopic (exact) mass is 203 g/mol. The number of para-hydroxylation sites is 1. The lowest BCUT2D eigenvalue weighted by atomic mass is 10.1. The largest absolute Gasteiger partial charge is 0.506 e. The van der Waals surface area contributed by atoms with Crippen LogP contribution in [0.2, 0.25) is 0 Å². The number of hydrogen-bond donors (Lipinski definition) is 4. The van der Waals surface area contributed by atoms with Crippen molar-refractivity contribution in [3.63, 3.8) is 0 Å². The van der Waals surface area contributed by atoms with Crippen molar-refractivity contribution in [1.29, 1.82) is 5.41 Å². The van der Waals surface area contributed by atoms with Crippen molar-refractivity contribution in [2.24, 2.45) is 5.73 Å². The summed E-state index contributed by atoms with van der Waals surface area (Å²) < 4.78 is 0. The summed E-state index contributed by atoms with van der Waals surface area (Å²) in [7, 11) is 0. The molecule has 0 unspecified atom stereocenters. The second kappa shape index (κ2) is 3.13. The molecule has 0 fully saturated rings. The maximum atomic E-state index is 11.5. The molecule has 0 radical (unpaired) electrons. The molecule has 1 heterocycles. The molecule has 0 atom stereocenters. The summed E-state index contributed by atoms with van der Waals surface area (Å²) in [5.74, 6) is -0.693. The van der Waals surface area contributed by atoms with E-state index in [4.69, 9.17) is 11.1 Å². The van der Waals surface area contributed by atoms with Gasteiger partial charge in [0.15, 0.2) is 0 Å². The van der Waals surface area contributed by atoms with E-state index in [1.54, 1.807) is 24.3 Å². The molecule has 15 heavy (non-hydrogen) atoms. The predicted octanol–water partition coefficient (Wildman–Crippen LogP) is 0.518. The fourth-order valence-corrected chi connectivity index (χ4v) is 1.48. The number of pyridine rings is 1. The Morgan fingerprint density at radius 2 is 2.07 bits per heavy atom. The summed E-state index contributed by atoms with van der Waals surface area (Å²) >= 11 is 0. The lowest BCUT2D eigenvalue weighted by Gasteiger charge is -2.05. The number of rotatable bonds is 1. The number of benzene rings is 1. The summed E-state index contributed by atoms with van der Waals surface area (Å²) in [5, 5.41) is 17.4. The molecule has 0 aliphatic carbocycles. The average Bonchev–Trinajstić information content (AvgIpc) is 2.17. The fourth-order valence-electron chi connectivity index (χ4n) is 1.48. The highest BCUT2D eigenvalue weighted by Gasteiger charge is 2.13. The van der Waals surface area contributed by atoms with Gasteiger partial charge in [-0.05, 0) is 12.1 Å². The summed E-state index contributed by atoms with van der Waals surface area (Å²) in [6, 6.07) is 6.78. The first kappa shape index (κ1) is 9.26. The van der Waals surface area contributed by atoms with Gasteiger partial charge in [-0.2, -0.15) is 0 Å². The molecule has 0 aliphatic rings. The molecule has 0 aliphatic heterocycles. The van der Waals surface area contributed by atoms with Gasteiger partial charge < -0.3 is 15.8 Å². The Labute approximate surface area is 84.7 Å². The van der Waals surface area contributed by atoms with Gasteiger partial charge in [0.25, 0.3) is 5.56 Å². The summed E-state index contributed by atoms with van der Waals surface area (Å²) in [6.07, 6.45) is 0. The van der Waals surface area contributed by atoms with E-state index in [-0.39, 0.29) is 11.3 Å². The lowest BCUT2D eigenvalue weighted by molar-refractivity contribution is 0.479. The molecular formula is C10H9N3O2. The van der Waals surface area contributed by atoms with Crippen LogP contribution < -0.4 is 11.3 Å². The molecule has 2 rings (SSSR count). The Balaban J connectivity index is 2.97. The van der Waals surface area contributed by atoms with E-state index in [0.29, 0.717) is 10.9 Å². The minimum Gasteiger partial charge on any atom is -0.506 e. The van der Waals surface area contributed by atoms with Crippen LogP contribution in [-0.2, 0) is 0 Å². The second-order valence-corrected chi connectivity index (χ2v) is 3.14. The van der Waals surface area contributed by atoms with Crippen LogP contribution in [0.1, 0.15) is 5.56 Å². The van der Waals surface area contributed by atoms with Crippen LogP contribution in [0.4, 0.5) is 0 Å². The molecule has 5 N–H and O–H groups in total. The number of hydrogen-bond acceptors (Lipinski definition) is 3. The molecule has 0 spiro atoms. The maximum Gasteiger partial charge on any atom is 0.263 e. The summed E-state index contributed by atoms with van der Waals surface area (Å²) in [4.78, 5) is 14.0. The van der Waals surface area contributed by atoms with Crippen molar-refractivity contribution in [2.45, 2.75) is 0 Å². The number of H-pyrrole nitrogens is 1. The van der Waals surface area contributed by atoms with E-state index in [1.807, 2.05) is 0 Å². The van der Waals surface area contributed by atoms with Crippen LogP contribution >= 0.6 is 0 Å². The third kappa shape index (κ3) is 1.34. The third-order valence-electron chi connectivity index (χ3n) is 2.16. The Morgan fingerprint density at radius 3 is 2.73 bits per heavy atom. The smallest absolute Gasteiger partial charge is 0.263 e. The van der Waals surface area contributed by atoms with Crippen molar-refractivity contribution in [2.75, 3.05) is 0 Å². The molecule has 1 aromatic carbocycles. The number of nitrogen functional groups attached to an aromatic ring is 1. The minimum atomic E-state index is -0.557. The third-order valence-corrected chi connectivity index (χ3v) is 2.16. The molecule has 0 saturated carbocycles. The first-order valence-electron chi connectivity index (χ1n) is 4.29. The molecule has 0 saturated heterocycles. The van der Waals surface area contributed by atoms with Gasteiger partial charge in [-0.3, -0.25) is 10.2 Å². The minimum absolute atomic E-state index is 0.186. The quantitative estimate of drug-likeness (QED) is 0.401. The van der Waals surface area contributed by atoms with Crippen molar-refractivity contribution < 1.29 is 5.11 Å². The van der Waals surface area contributed by atoms with E-state index in [1.165, 1.54) is 0 Å². The van der Waals surface area contributed by atoms with Crippen LogP contribution in [0.5, 0.6) is 5.75 Å². The van der Waals surface area contributed by atoms with E-state index in [2.05, 4.69) is 4.98 Å². The summed E-state index contributed by atoms with van der Waals surface area (Å²) in [5.41, 5.74) is 4.99. The van der Waals surface area contributed by atoms with Gasteiger partial charge in [0.2, 0.25) is 0 Å². The molecule has 5 heteroatoms. The number of fused-ring (bicyclic) bond motifs is 1. The van der Waals surface area contributed by atoms with Crippen molar-refractivity contribution in [3.8, 4) is 5.75 Å². The first-order chi connectivity index (χ1) is 7.11. The number of amidine groups is 1. The topological polar surface area (TPSA) is 103 Å². The summed E-state index contributed by atoms with van der Waals surface area (Å²) in [6.45, 7) is 0. The number of aromatic nitrogens is 1. The van der Waals surface area contributed by atoms with Gasteiger partial charge in [0, 0.05) is 5.39 Å². The Hall–Kier alpha value is -2.30. The van der Waals surface area contributed by atoms with Crippen LogP contribution in [0.15, 0.2) is 29.1 Å². The molecule has 2 aromatic rings. The number of nitrogens with two attached hydrogens (primary N) is 1. The van der Waals surface area contributed by atoms with E-state index in [0.717, 1.165) is 0 Å². The second-order valence-electron chi connectivity index (χ2n) is 3.14. The molecular weight excluding hydrogens is 194 g/mol. The SMILES string of the molecule is N=C(N)c1c(O)c2ccccc2[nH]c1=O. The molecule has 0 bridgehead atoms. The zero-order chi connectivity index (χ0) is 11.0. The number of nitrogens with one attached hydrogen (secondary N) is 2. The van der Waals surface area contributed by atoms with Crippen molar-refractivity contribution >= 4 is 16.7 Å². The first-order valence-corrected chi connectivity index (χ1v) is 4.29. The van der Waals surface area contributed by atoms with E-state index in [9.17, 15) is 9.90 Å². The van der Waals surface area contributed by atoms with Gasteiger partial charge in [0.05, 0.1) is 5.52 Å². The predicted molar refractivity (Wildman–Crippen MR) is 57.2 cm³/mol. The fraction of sp³-hybridized carbons (Fsp3) is 0. The molecule has 76 valence electrons. The van der Waals surface area contributed by atoms with Crippen molar-refractivity contribution in [1.82, 2.24) is 4.98 Å². The van der Waals surface area contributed by atoms with Gasteiger partial charge in [0.1, 0.15) is 17.1 Å². The number of aromatic amines is 1. The lowest BCUT2D eigenvalue weighted by Crippen LogP contribution is -2.23. The van der Waals surface area contributed by atoms with E-state index < -0.39 is 11.4 Å². The average molecular weight is 203 g/mol. The van der Waals surface area contributed by atoms with Crippen LogP contribution in [-0.4, -0.2) is 15.9 Å². The molecule has 5 nitrogen and oxygen atoms in total. The van der Waals surface area contributed by atoms with Gasteiger partial charge in [-0.15, -0.1) is 0 Å². The highest BCUT2D eigenvalue weighted by atomic mass is 16.3. The Kier molecular flexibility index (Phi) is 1.93. The Morgan fingerprint density at radius 1 is 1.40 bits per heavy atom. The van der Waals surface area contributed by atoms with Gasteiger partial charge in [-0.1, -0.05) is 12.1 Å². The normalized spacial score (nSPS) is 10.4. The maximum absolute atomic E-state index is 11.5. The standard InChI is InChI=1S/C10H9N3O2/c11-9(12)7-8(14)5-3-1-2-4-6(5)13-10(7)15/h1-4H,(H3,11,12)(H2,13,14,15). The van der Waals surface area contributed by atoms with Gasteiger partial charge >= 0.3 is 0 Å². The number of aromatic hydroxyl groups is 1. The van der Waals surface area contributed by atoms with Crippen molar-refractivity contribution in [3.05, 3.63) is 40.2 Å².